The molecule has 0 bridgehead atoms. The van der Waals surface area contributed by atoms with Gasteiger partial charge in [0.15, 0.2) is 0 Å². The van der Waals surface area contributed by atoms with Crippen LogP contribution < -0.4 is 5.32 Å². The SMILES string of the molecule is O=C(O)CN(Cc1ccccc1)C(=O)[C@H](Cc1ccc(O)cc1)NC(=O)OCC1c2ccccc2-c2ccccc21. The number of ether oxygens (including phenoxy) is 1. The molecule has 0 aliphatic heterocycles. The van der Waals surface area contributed by atoms with Gasteiger partial charge in [-0.05, 0) is 45.5 Å². The van der Waals surface area contributed by atoms with Gasteiger partial charge in [0.25, 0.3) is 0 Å². The van der Waals surface area contributed by atoms with Gasteiger partial charge in [-0.3, -0.25) is 9.59 Å². The second-order valence-electron chi connectivity index (χ2n) is 9.97. The first-order chi connectivity index (χ1) is 19.9. The Morgan fingerprint density at radius 3 is 1.98 bits per heavy atom. The van der Waals surface area contributed by atoms with Crippen molar-refractivity contribution in [1.82, 2.24) is 10.2 Å². The van der Waals surface area contributed by atoms with E-state index in [4.69, 9.17) is 4.74 Å². The quantitative estimate of drug-likeness (QED) is 0.257. The molecule has 2 amide bonds. The highest BCUT2D eigenvalue weighted by molar-refractivity contribution is 5.88. The summed E-state index contributed by atoms with van der Waals surface area (Å²) in [7, 11) is 0. The molecule has 8 heteroatoms. The fourth-order valence-electron chi connectivity index (χ4n) is 5.25. The number of alkyl carbamates (subject to hydrolysis) is 1. The first-order valence-corrected chi connectivity index (χ1v) is 13.3. The highest BCUT2D eigenvalue weighted by atomic mass is 16.5. The number of hydrogen-bond acceptors (Lipinski definition) is 5. The summed E-state index contributed by atoms with van der Waals surface area (Å²) in [5, 5.41) is 21.9. The van der Waals surface area contributed by atoms with Gasteiger partial charge >= 0.3 is 12.1 Å². The molecule has 4 aromatic carbocycles. The van der Waals surface area contributed by atoms with Gasteiger partial charge in [0.2, 0.25) is 5.91 Å². The molecule has 41 heavy (non-hydrogen) atoms. The van der Waals surface area contributed by atoms with E-state index in [1.807, 2.05) is 66.7 Å². The van der Waals surface area contributed by atoms with Gasteiger partial charge in [-0.2, -0.15) is 0 Å². The molecule has 0 saturated carbocycles. The van der Waals surface area contributed by atoms with E-state index in [2.05, 4.69) is 5.32 Å². The second kappa shape index (κ2) is 12.4. The maximum absolute atomic E-state index is 13.7. The van der Waals surface area contributed by atoms with Gasteiger partial charge in [-0.15, -0.1) is 0 Å². The highest BCUT2D eigenvalue weighted by Crippen LogP contribution is 2.44. The third-order valence-corrected chi connectivity index (χ3v) is 7.16. The molecule has 1 atom stereocenters. The average molecular weight is 551 g/mol. The summed E-state index contributed by atoms with van der Waals surface area (Å²) in [5.41, 5.74) is 5.76. The number of carbonyl (C=O) groups excluding carboxylic acids is 2. The molecule has 3 N–H and O–H groups in total. The molecular weight excluding hydrogens is 520 g/mol. The smallest absolute Gasteiger partial charge is 0.407 e. The number of aromatic hydroxyl groups is 1. The van der Waals surface area contributed by atoms with Crippen LogP contribution in [-0.4, -0.2) is 52.3 Å². The van der Waals surface area contributed by atoms with Gasteiger partial charge in [-0.1, -0.05) is 91.0 Å². The second-order valence-corrected chi connectivity index (χ2v) is 9.97. The topological polar surface area (TPSA) is 116 Å². The van der Waals surface area contributed by atoms with Crippen molar-refractivity contribution in [2.24, 2.45) is 0 Å². The lowest BCUT2D eigenvalue weighted by molar-refractivity contribution is -0.145. The molecule has 0 saturated heterocycles. The van der Waals surface area contributed by atoms with Crippen molar-refractivity contribution < 1.29 is 29.3 Å². The molecule has 5 rings (SSSR count). The van der Waals surface area contributed by atoms with Crippen LogP contribution in [-0.2, 0) is 27.3 Å². The van der Waals surface area contributed by atoms with Crippen LogP contribution in [0.25, 0.3) is 11.1 Å². The lowest BCUT2D eigenvalue weighted by Gasteiger charge is -2.27. The van der Waals surface area contributed by atoms with Crippen LogP contribution in [0.15, 0.2) is 103 Å². The standard InChI is InChI=1S/C33H30N2O6/c36-24-16-14-22(15-17-24)18-30(32(39)35(20-31(37)38)19-23-8-2-1-3-9-23)34-33(40)41-21-29-27-12-6-4-10-25(27)26-11-5-7-13-28(26)29/h1-17,29-30,36H,18-21H2,(H,34,40)(H,37,38)/t30-/m0/s1. The zero-order valence-corrected chi connectivity index (χ0v) is 22.3. The summed E-state index contributed by atoms with van der Waals surface area (Å²) in [6.45, 7) is -0.403. The van der Waals surface area contributed by atoms with Crippen molar-refractivity contribution in [1.29, 1.82) is 0 Å². The van der Waals surface area contributed by atoms with E-state index >= 15 is 0 Å². The van der Waals surface area contributed by atoms with Crippen LogP contribution >= 0.6 is 0 Å². The third kappa shape index (κ3) is 6.55. The zero-order valence-electron chi connectivity index (χ0n) is 22.3. The molecule has 0 unspecified atom stereocenters. The largest absolute Gasteiger partial charge is 0.508 e. The minimum absolute atomic E-state index is 0.0599. The van der Waals surface area contributed by atoms with E-state index in [1.165, 1.54) is 17.0 Å². The lowest BCUT2D eigenvalue weighted by atomic mass is 9.98. The highest BCUT2D eigenvalue weighted by Gasteiger charge is 2.31. The van der Waals surface area contributed by atoms with Gasteiger partial charge in [-0.25, -0.2) is 4.79 Å². The van der Waals surface area contributed by atoms with Crippen molar-refractivity contribution in [2.45, 2.75) is 24.9 Å². The van der Waals surface area contributed by atoms with Gasteiger partial charge < -0.3 is 25.2 Å². The fourth-order valence-corrected chi connectivity index (χ4v) is 5.25. The summed E-state index contributed by atoms with van der Waals surface area (Å²) >= 11 is 0. The van der Waals surface area contributed by atoms with E-state index < -0.39 is 30.6 Å². The Morgan fingerprint density at radius 1 is 0.780 bits per heavy atom. The Hall–Kier alpha value is -5.11. The number of amides is 2. The third-order valence-electron chi connectivity index (χ3n) is 7.16. The summed E-state index contributed by atoms with van der Waals surface area (Å²) in [6.07, 6.45) is -0.701. The van der Waals surface area contributed by atoms with Gasteiger partial charge in [0, 0.05) is 18.9 Å². The minimum atomic E-state index is -1.17. The van der Waals surface area contributed by atoms with E-state index in [1.54, 1.807) is 24.3 Å². The zero-order chi connectivity index (χ0) is 28.8. The van der Waals surface area contributed by atoms with Crippen LogP contribution in [0, 0.1) is 0 Å². The monoisotopic (exact) mass is 550 g/mol. The van der Waals surface area contributed by atoms with Crippen LogP contribution in [0.5, 0.6) is 5.75 Å². The summed E-state index contributed by atoms with van der Waals surface area (Å²) in [5.74, 6) is -1.81. The minimum Gasteiger partial charge on any atom is -0.508 e. The number of nitrogens with zero attached hydrogens (tertiary/aromatic N) is 1. The number of aliphatic carboxylic acids is 1. The normalized spacial score (nSPS) is 12.6. The van der Waals surface area contributed by atoms with Crippen LogP contribution in [0.2, 0.25) is 0 Å². The van der Waals surface area contributed by atoms with Crippen molar-refractivity contribution in [3.8, 4) is 16.9 Å². The molecule has 0 spiro atoms. The molecule has 0 radical (unpaired) electrons. The molecular formula is C33H30N2O6. The number of phenols is 1. The van der Waals surface area contributed by atoms with Gasteiger partial charge in [0.05, 0.1) is 0 Å². The predicted octanol–water partition coefficient (Wildman–Crippen LogP) is 4.96. The van der Waals surface area contributed by atoms with Crippen LogP contribution in [0.1, 0.15) is 28.2 Å². The number of carboxylic acid groups (broad SMARTS) is 1. The number of nitrogens with one attached hydrogen (secondary N) is 1. The Bertz CT molecular complexity index is 1490. The van der Waals surface area contributed by atoms with Crippen LogP contribution in [0.4, 0.5) is 4.79 Å². The Labute approximate surface area is 237 Å². The summed E-state index contributed by atoms with van der Waals surface area (Å²) in [6, 6.07) is 30.2. The summed E-state index contributed by atoms with van der Waals surface area (Å²) in [4.78, 5) is 39.7. The molecule has 0 fully saturated rings. The number of hydrogen-bond donors (Lipinski definition) is 3. The molecule has 4 aromatic rings. The number of carbonyl (C=O) groups is 3. The first kappa shape index (κ1) is 27.5. The lowest BCUT2D eigenvalue weighted by Crippen LogP contribution is -2.51. The van der Waals surface area contributed by atoms with E-state index in [-0.39, 0.29) is 31.2 Å². The molecule has 0 aromatic heterocycles. The predicted molar refractivity (Wildman–Crippen MR) is 153 cm³/mol. The van der Waals surface area contributed by atoms with Crippen molar-refractivity contribution >= 4 is 18.0 Å². The van der Waals surface area contributed by atoms with Crippen molar-refractivity contribution in [3.05, 3.63) is 125 Å². The number of carboxylic acids is 1. The van der Waals surface area contributed by atoms with Crippen LogP contribution in [0.3, 0.4) is 0 Å². The maximum Gasteiger partial charge on any atom is 0.407 e. The number of phenolic OH excluding ortho intramolecular Hbond substituents is 1. The first-order valence-electron chi connectivity index (χ1n) is 13.3. The van der Waals surface area contributed by atoms with E-state index in [0.29, 0.717) is 5.56 Å². The van der Waals surface area contributed by atoms with Crippen molar-refractivity contribution in [3.63, 3.8) is 0 Å². The Kier molecular flexibility index (Phi) is 8.29. The Morgan fingerprint density at radius 2 is 1.37 bits per heavy atom. The molecule has 0 heterocycles. The fraction of sp³-hybridized carbons (Fsp3) is 0.182. The molecule has 1 aliphatic carbocycles. The Balaban J connectivity index is 1.34. The van der Waals surface area contributed by atoms with E-state index in [0.717, 1.165) is 27.8 Å². The number of fused-ring (bicyclic) bond motifs is 3. The van der Waals surface area contributed by atoms with Gasteiger partial charge in [0.1, 0.15) is 24.9 Å². The molecule has 208 valence electrons. The van der Waals surface area contributed by atoms with Crippen molar-refractivity contribution in [2.75, 3.05) is 13.2 Å². The average Bonchev–Trinajstić information content (AvgIpc) is 3.30. The maximum atomic E-state index is 13.7. The molecule has 1 aliphatic rings. The van der Waals surface area contributed by atoms with E-state index in [9.17, 15) is 24.6 Å². The number of benzene rings is 4. The summed E-state index contributed by atoms with van der Waals surface area (Å²) < 4.78 is 5.68. The molecule has 8 nitrogen and oxygen atoms in total. The number of rotatable bonds is 10.